The molecule has 1 aliphatic heterocycles. The van der Waals surface area contributed by atoms with Crippen molar-refractivity contribution in [1.82, 2.24) is 20.0 Å². The van der Waals surface area contributed by atoms with E-state index in [-0.39, 0.29) is 17.9 Å². The smallest absolute Gasteiger partial charge is 0.230 e. The van der Waals surface area contributed by atoms with E-state index in [1.807, 2.05) is 63.5 Å². The maximum atomic E-state index is 13.2. The lowest BCUT2D eigenvalue weighted by atomic mass is 9.95. The molecule has 3 aromatic rings. The van der Waals surface area contributed by atoms with E-state index in [4.69, 9.17) is 9.47 Å². The number of methoxy groups -OCH3 is 1. The van der Waals surface area contributed by atoms with E-state index in [9.17, 15) is 4.79 Å². The SMILES string of the molecule is COc1ccc(CNC(=O)[C@H]2CN(Cc3ccc(OC(C)C)cc3)Cc3cn(C)nc32)cc1. The van der Waals surface area contributed by atoms with Crippen LogP contribution in [-0.4, -0.2) is 40.3 Å². The van der Waals surface area contributed by atoms with Crippen LogP contribution in [0.15, 0.2) is 54.7 Å². The van der Waals surface area contributed by atoms with E-state index in [0.29, 0.717) is 13.1 Å². The van der Waals surface area contributed by atoms with Crippen molar-refractivity contribution in [3.8, 4) is 11.5 Å². The molecule has 7 heteroatoms. The van der Waals surface area contributed by atoms with Crippen LogP contribution in [0, 0.1) is 0 Å². The molecule has 0 spiro atoms. The highest BCUT2D eigenvalue weighted by atomic mass is 16.5. The van der Waals surface area contributed by atoms with Gasteiger partial charge < -0.3 is 14.8 Å². The second-order valence-corrected chi connectivity index (χ2v) is 8.81. The van der Waals surface area contributed by atoms with Crippen LogP contribution in [0.3, 0.4) is 0 Å². The Balaban J connectivity index is 1.43. The van der Waals surface area contributed by atoms with Crippen molar-refractivity contribution in [3.63, 3.8) is 0 Å². The second kappa shape index (κ2) is 10.1. The average molecular weight is 449 g/mol. The Morgan fingerprint density at radius 1 is 1.09 bits per heavy atom. The molecule has 33 heavy (non-hydrogen) atoms. The third-order valence-electron chi connectivity index (χ3n) is 5.75. The second-order valence-electron chi connectivity index (χ2n) is 8.81. The summed E-state index contributed by atoms with van der Waals surface area (Å²) in [5.74, 6) is 1.36. The molecule has 0 aliphatic carbocycles. The van der Waals surface area contributed by atoms with Crippen LogP contribution in [0.2, 0.25) is 0 Å². The van der Waals surface area contributed by atoms with Gasteiger partial charge in [-0.3, -0.25) is 14.4 Å². The molecular weight excluding hydrogens is 416 g/mol. The quantitative estimate of drug-likeness (QED) is 0.570. The first-order valence-corrected chi connectivity index (χ1v) is 11.3. The number of carbonyl (C=O) groups is 1. The Morgan fingerprint density at radius 3 is 2.42 bits per heavy atom. The van der Waals surface area contributed by atoms with Crippen LogP contribution >= 0.6 is 0 Å². The molecule has 2 heterocycles. The molecule has 0 fully saturated rings. The summed E-state index contributed by atoms with van der Waals surface area (Å²) in [6.45, 7) is 6.68. The van der Waals surface area contributed by atoms with E-state index in [1.165, 1.54) is 5.56 Å². The fourth-order valence-electron chi connectivity index (χ4n) is 4.21. The van der Waals surface area contributed by atoms with E-state index < -0.39 is 0 Å². The third-order valence-corrected chi connectivity index (χ3v) is 5.75. The van der Waals surface area contributed by atoms with Crippen molar-refractivity contribution in [2.75, 3.05) is 13.7 Å². The predicted octanol–water partition coefficient (Wildman–Crippen LogP) is 3.63. The Hall–Kier alpha value is -3.32. The number of aromatic nitrogens is 2. The molecule has 0 radical (unpaired) electrons. The van der Waals surface area contributed by atoms with Gasteiger partial charge in [-0.15, -0.1) is 0 Å². The fraction of sp³-hybridized carbons (Fsp3) is 0.385. The van der Waals surface area contributed by atoms with Gasteiger partial charge in [0, 0.05) is 45.0 Å². The zero-order valence-corrected chi connectivity index (χ0v) is 19.7. The van der Waals surface area contributed by atoms with E-state index in [0.717, 1.165) is 41.4 Å². The Kier molecular flexibility index (Phi) is 6.99. The number of benzene rings is 2. The average Bonchev–Trinajstić information content (AvgIpc) is 3.18. The number of rotatable bonds is 8. The van der Waals surface area contributed by atoms with Gasteiger partial charge in [0.05, 0.1) is 24.8 Å². The van der Waals surface area contributed by atoms with Gasteiger partial charge in [0.15, 0.2) is 0 Å². The van der Waals surface area contributed by atoms with E-state index >= 15 is 0 Å². The molecule has 0 saturated carbocycles. The minimum absolute atomic E-state index is 0.00357. The van der Waals surface area contributed by atoms with Gasteiger partial charge in [0.25, 0.3) is 0 Å². The highest BCUT2D eigenvalue weighted by Crippen LogP contribution is 2.29. The van der Waals surface area contributed by atoms with Gasteiger partial charge in [-0.2, -0.15) is 5.10 Å². The number of nitrogens with zero attached hydrogens (tertiary/aromatic N) is 3. The molecule has 7 nitrogen and oxygen atoms in total. The van der Waals surface area contributed by atoms with E-state index in [2.05, 4.69) is 27.4 Å². The Labute approximate surface area is 195 Å². The topological polar surface area (TPSA) is 68.6 Å². The monoisotopic (exact) mass is 448 g/mol. The summed E-state index contributed by atoms with van der Waals surface area (Å²) >= 11 is 0. The highest BCUT2D eigenvalue weighted by molar-refractivity contribution is 5.84. The molecule has 0 unspecified atom stereocenters. The molecule has 1 aliphatic rings. The predicted molar refractivity (Wildman–Crippen MR) is 127 cm³/mol. The molecular formula is C26H32N4O3. The largest absolute Gasteiger partial charge is 0.497 e. The maximum absolute atomic E-state index is 13.2. The van der Waals surface area contributed by atoms with Gasteiger partial charge in [-0.1, -0.05) is 24.3 Å². The molecule has 0 saturated heterocycles. The first-order valence-electron chi connectivity index (χ1n) is 11.3. The van der Waals surface area contributed by atoms with Crippen LogP contribution in [0.5, 0.6) is 11.5 Å². The number of carbonyl (C=O) groups excluding carboxylic acids is 1. The van der Waals surface area contributed by atoms with Gasteiger partial charge in [-0.05, 0) is 49.2 Å². The molecule has 0 bridgehead atoms. The van der Waals surface area contributed by atoms with Crippen molar-refractivity contribution in [3.05, 3.63) is 77.1 Å². The molecule has 1 amide bonds. The number of amides is 1. The highest BCUT2D eigenvalue weighted by Gasteiger charge is 2.33. The number of aryl methyl sites for hydroxylation is 1. The molecule has 1 atom stereocenters. The summed E-state index contributed by atoms with van der Waals surface area (Å²) in [6, 6.07) is 15.9. The van der Waals surface area contributed by atoms with Gasteiger partial charge in [0.1, 0.15) is 11.5 Å². The van der Waals surface area contributed by atoms with E-state index in [1.54, 1.807) is 11.8 Å². The van der Waals surface area contributed by atoms with Crippen LogP contribution < -0.4 is 14.8 Å². The van der Waals surface area contributed by atoms with Gasteiger partial charge in [-0.25, -0.2) is 0 Å². The summed E-state index contributed by atoms with van der Waals surface area (Å²) in [6.07, 6.45) is 2.17. The van der Waals surface area contributed by atoms with Crippen LogP contribution in [0.4, 0.5) is 0 Å². The summed E-state index contributed by atoms with van der Waals surface area (Å²) in [7, 11) is 3.55. The first kappa shape index (κ1) is 22.9. The van der Waals surface area contributed by atoms with Crippen LogP contribution in [0.25, 0.3) is 0 Å². The standard InChI is InChI=1S/C26H32N4O3/c1-18(2)33-23-11-7-20(8-12-23)14-30-16-21-15-29(3)28-25(21)24(17-30)26(31)27-13-19-5-9-22(32-4)10-6-19/h5-12,15,18,24H,13-14,16-17H2,1-4H3,(H,27,31)/t24-/m0/s1. The van der Waals surface area contributed by atoms with Crippen molar-refractivity contribution >= 4 is 5.91 Å². The zero-order chi connectivity index (χ0) is 23.4. The fourth-order valence-corrected chi connectivity index (χ4v) is 4.21. The lowest BCUT2D eigenvalue weighted by molar-refractivity contribution is -0.123. The maximum Gasteiger partial charge on any atom is 0.230 e. The molecule has 1 aromatic heterocycles. The number of hydrogen-bond acceptors (Lipinski definition) is 5. The number of ether oxygens (including phenoxy) is 2. The van der Waals surface area contributed by atoms with Crippen molar-refractivity contribution in [2.45, 2.75) is 45.5 Å². The number of fused-ring (bicyclic) bond motifs is 1. The lowest BCUT2D eigenvalue weighted by Crippen LogP contribution is -2.40. The first-order chi connectivity index (χ1) is 15.9. The van der Waals surface area contributed by atoms with Crippen molar-refractivity contribution in [1.29, 1.82) is 0 Å². The minimum Gasteiger partial charge on any atom is -0.497 e. The van der Waals surface area contributed by atoms with Gasteiger partial charge in [0.2, 0.25) is 5.91 Å². The Bertz CT molecular complexity index is 1070. The summed E-state index contributed by atoms with van der Waals surface area (Å²) in [5.41, 5.74) is 4.20. The van der Waals surface area contributed by atoms with Crippen molar-refractivity contribution in [2.24, 2.45) is 7.05 Å². The summed E-state index contributed by atoms with van der Waals surface area (Å²) < 4.78 is 12.8. The minimum atomic E-state index is -0.309. The molecule has 174 valence electrons. The summed E-state index contributed by atoms with van der Waals surface area (Å²) in [4.78, 5) is 15.5. The molecule has 4 rings (SSSR count). The zero-order valence-electron chi connectivity index (χ0n) is 19.7. The lowest BCUT2D eigenvalue weighted by Gasteiger charge is -2.31. The van der Waals surface area contributed by atoms with Crippen LogP contribution in [-0.2, 0) is 31.5 Å². The molecule has 2 aromatic carbocycles. The number of hydrogen-bond donors (Lipinski definition) is 1. The third kappa shape index (κ3) is 5.73. The molecule has 1 N–H and O–H groups in total. The summed E-state index contributed by atoms with van der Waals surface area (Å²) in [5, 5.41) is 7.70. The number of nitrogens with one attached hydrogen (secondary N) is 1. The Morgan fingerprint density at radius 2 is 1.76 bits per heavy atom. The van der Waals surface area contributed by atoms with Crippen molar-refractivity contribution < 1.29 is 14.3 Å². The van der Waals surface area contributed by atoms with Crippen LogP contribution in [0.1, 0.15) is 42.1 Å². The normalized spacial score (nSPS) is 15.8. The van der Waals surface area contributed by atoms with Gasteiger partial charge >= 0.3 is 0 Å².